The normalized spacial score (nSPS) is 25.1. The molecule has 3 unspecified atom stereocenters. The molecule has 1 aliphatic carbocycles. The number of urea groups is 1. The van der Waals surface area contributed by atoms with Gasteiger partial charge in [-0.1, -0.05) is 13.3 Å². The number of hydrogen-bond acceptors (Lipinski definition) is 3. The van der Waals surface area contributed by atoms with Gasteiger partial charge in [0.05, 0.1) is 12.0 Å². The molecular weight excluding hydrogens is 236 g/mol. The number of aliphatic carboxylic acids is 1. The summed E-state index contributed by atoms with van der Waals surface area (Å²) in [5.41, 5.74) is -1.42. The number of carbonyl (C=O) groups is 2. The third kappa shape index (κ3) is 5.35. The van der Waals surface area contributed by atoms with Gasteiger partial charge >= 0.3 is 12.0 Å². The first kappa shape index (κ1) is 14.8. The van der Waals surface area contributed by atoms with E-state index in [9.17, 15) is 14.7 Å². The summed E-state index contributed by atoms with van der Waals surface area (Å²) < 4.78 is 0. The van der Waals surface area contributed by atoms with Gasteiger partial charge in [0.15, 0.2) is 0 Å². The van der Waals surface area contributed by atoms with Crippen LogP contribution in [0.25, 0.3) is 0 Å². The first-order valence-corrected chi connectivity index (χ1v) is 6.32. The molecule has 1 saturated carbocycles. The number of nitrogens with one attached hydrogen (secondary N) is 2. The van der Waals surface area contributed by atoms with E-state index in [0.29, 0.717) is 5.92 Å². The third-order valence-electron chi connectivity index (χ3n) is 3.06. The zero-order chi connectivity index (χ0) is 13.8. The molecule has 0 heterocycles. The Balaban J connectivity index is 2.19. The second-order valence-electron chi connectivity index (χ2n) is 5.29. The van der Waals surface area contributed by atoms with Crippen LogP contribution in [0.3, 0.4) is 0 Å². The lowest BCUT2D eigenvalue weighted by atomic mass is 10.0. The van der Waals surface area contributed by atoms with Gasteiger partial charge in [-0.15, -0.1) is 0 Å². The van der Waals surface area contributed by atoms with Crippen molar-refractivity contribution in [2.45, 2.75) is 51.2 Å². The van der Waals surface area contributed by atoms with Crippen molar-refractivity contribution in [1.82, 2.24) is 10.6 Å². The van der Waals surface area contributed by atoms with Crippen molar-refractivity contribution in [1.29, 1.82) is 0 Å². The van der Waals surface area contributed by atoms with Crippen LogP contribution in [-0.4, -0.2) is 40.4 Å². The number of carboxylic acids is 1. The van der Waals surface area contributed by atoms with E-state index in [0.717, 1.165) is 19.3 Å². The van der Waals surface area contributed by atoms with Crippen LogP contribution < -0.4 is 10.6 Å². The molecule has 3 atom stereocenters. The van der Waals surface area contributed by atoms with Gasteiger partial charge in [0.1, 0.15) is 0 Å². The number of amides is 2. The Morgan fingerprint density at radius 2 is 2.11 bits per heavy atom. The molecular formula is C12H22N2O4. The summed E-state index contributed by atoms with van der Waals surface area (Å²) >= 11 is 0. The van der Waals surface area contributed by atoms with Crippen LogP contribution in [0.4, 0.5) is 4.79 Å². The van der Waals surface area contributed by atoms with Gasteiger partial charge in [-0.05, 0) is 25.7 Å². The van der Waals surface area contributed by atoms with Crippen LogP contribution in [0.1, 0.15) is 39.5 Å². The van der Waals surface area contributed by atoms with E-state index in [1.165, 1.54) is 6.92 Å². The highest BCUT2D eigenvalue weighted by molar-refractivity contribution is 5.75. The Morgan fingerprint density at radius 1 is 1.44 bits per heavy atom. The fourth-order valence-electron chi connectivity index (χ4n) is 1.99. The molecule has 0 aromatic rings. The van der Waals surface area contributed by atoms with E-state index in [1.807, 2.05) is 0 Å². The average Bonchev–Trinajstić information content (AvgIpc) is 2.92. The highest BCUT2D eigenvalue weighted by Crippen LogP contribution is 2.34. The molecule has 6 nitrogen and oxygen atoms in total. The SMILES string of the molecule is CCCC1CC1NC(=O)NCC(C)(O)CC(=O)O. The molecule has 0 saturated heterocycles. The molecule has 0 aliphatic heterocycles. The first-order chi connectivity index (χ1) is 8.34. The molecule has 2 amide bonds. The molecule has 0 bridgehead atoms. The lowest BCUT2D eigenvalue weighted by Crippen LogP contribution is -2.46. The number of aliphatic hydroxyl groups is 1. The molecule has 0 radical (unpaired) electrons. The van der Waals surface area contributed by atoms with Crippen LogP contribution >= 0.6 is 0 Å². The van der Waals surface area contributed by atoms with Gasteiger partial charge in [0, 0.05) is 12.6 Å². The predicted molar refractivity (Wildman–Crippen MR) is 66.2 cm³/mol. The maximum Gasteiger partial charge on any atom is 0.315 e. The van der Waals surface area contributed by atoms with E-state index in [1.54, 1.807) is 0 Å². The summed E-state index contributed by atoms with van der Waals surface area (Å²) in [6.45, 7) is 3.42. The Kier molecular flexibility index (Phi) is 4.95. The lowest BCUT2D eigenvalue weighted by molar-refractivity contribution is -0.141. The summed E-state index contributed by atoms with van der Waals surface area (Å²) in [6.07, 6.45) is 2.83. The Hall–Kier alpha value is -1.30. The van der Waals surface area contributed by atoms with E-state index >= 15 is 0 Å². The van der Waals surface area contributed by atoms with Crippen molar-refractivity contribution in [3.8, 4) is 0 Å². The Labute approximate surface area is 107 Å². The first-order valence-electron chi connectivity index (χ1n) is 6.32. The van der Waals surface area contributed by atoms with Crippen molar-refractivity contribution < 1.29 is 19.8 Å². The van der Waals surface area contributed by atoms with E-state index in [2.05, 4.69) is 17.6 Å². The molecule has 18 heavy (non-hydrogen) atoms. The van der Waals surface area contributed by atoms with E-state index < -0.39 is 18.0 Å². The quantitative estimate of drug-likeness (QED) is 0.540. The molecule has 104 valence electrons. The highest BCUT2D eigenvalue weighted by Gasteiger charge is 2.37. The Morgan fingerprint density at radius 3 is 2.67 bits per heavy atom. The molecule has 0 aromatic heterocycles. The molecule has 6 heteroatoms. The summed E-state index contributed by atoms with van der Waals surface area (Å²) in [6, 6.07) is -0.112. The predicted octanol–water partition coefficient (Wildman–Crippen LogP) is 0.700. The number of carboxylic acid groups (broad SMARTS) is 1. The Bertz CT molecular complexity index is 317. The largest absolute Gasteiger partial charge is 0.481 e. The van der Waals surface area contributed by atoms with Gasteiger partial charge in [0.25, 0.3) is 0 Å². The van der Waals surface area contributed by atoms with Crippen molar-refractivity contribution in [3.05, 3.63) is 0 Å². The average molecular weight is 258 g/mol. The maximum absolute atomic E-state index is 11.5. The summed E-state index contributed by atoms with van der Waals surface area (Å²) in [5, 5.41) is 23.6. The van der Waals surface area contributed by atoms with Gasteiger partial charge in [-0.2, -0.15) is 0 Å². The molecule has 1 fully saturated rings. The van der Waals surface area contributed by atoms with Crippen molar-refractivity contribution in [2.75, 3.05) is 6.54 Å². The van der Waals surface area contributed by atoms with Gasteiger partial charge in [-0.25, -0.2) is 4.79 Å². The molecule has 4 N–H and O–H groups in total. The van der Waals surface area contributed by atoms with Crippen LogP contribution in [0.15, 0.2) is 0 Å². The van der Waals surface area contributed by atoms with Crippen molar-refractivity contribution in [2.24, 2.45) is 5.92 Å². The van der Waals surface area contributed by atoms with E-state index in [-0.39, 0.29) is 18.6 Å². The summed E-state index contributed by atoms with van der Waals surface area (Å²) in [4.78, 5) is 22.0. The minimum Gasteiger partial charge on any atom is -0.481 e. The van der Waals surface area contributed by atoms with Crippen LogP contribution in [0.2, 0.25) is 0 Å². The van der Waals surface area contributed by atoms with Crippen molar-refractivity contribution in [3.63, 3.8) is 0 Å². The standard InChI is InChI=1S/C12H22N2O4/c1-3-4-8-5-9(8)14-11(17)13-7-12(2,18)6-10(15)16/h8-9,18H,3-7H2,1-2H3,(H,15,16)(H2,13,14,17). The second kappa shape index (κ2) is 6.04. The highest BCUT2D eigenvalue weighted by atomic mass is 16.4. The van der Waals surface area contributed by atoms with Crippen LogP contribution in [0, 0.1) is 5.92 Å². The topological polar surface area (TPSA) is 98.7 Å². The zero-order valence-electron chi connectivity index (χ0n) is 10.9. The fraction of sp³-hybridized carbons (Fsp3) is 0.833. The third-order valence-corrected chi connectivity index (χ3v) is 3.06. The monoisotopic (exact) mass is 258 g/mol. The molecule has 1 aliphatic rings. The number of carbonyl (C=O) groups excluding carboxylic acids is 1. The minimum atomic E-state index is -1.42. The van der Waals surface area contributed by atoms with Gasteiger partial charge in [0.2, 0.25) is 0 Å². The lowest BCUT2D eigenvalue weighted by Gasteiger charge is -2.21. The van der Waals surface area contributed by atoms with Crippen molar-refractivity contribution >= 4 is 12.0 Å². The molecule has 0 aromatic carbocycles. The minimum absolute atomic E-state index is 0.0731. The summed E-state index contributed by atoms with van der Waals surface area (Å²) in [5.74, 6) is -0.521. The van der Waals surface area contributed by atoms with Crippen LogP contribution in [-0.2, 0) is 4.79 Å². The molecule has 0 spiro atoms. The van der Waals surface area contributed by atoms with E-state index in [4.69, 9.17) is 5.11 Å². The maximum atomic E-state index is 11.5. The van der Waals surface area contributed by atoms with Gasteiger partial charge < -0.3 is 20.8 Å². The van der Waals surface area contributed by atoms with Gasteiger partial charge in [-0.3, -0.25) is 4.79 Å². The molecule has 1 rings (SSSR count). The summed E-state index contributed by atoms with van der Waals surface area (Å²) in [7, 11) is 0. The number of rotatable bonds is 7. The number of hydrogen-bond donors (Lipinski definition) is 4. The zero-order valence-corrected chi connectivity index (χ0v) is 10.9. The fourth-order valence-corrected chi connectivity index (χ4v) is 1.99. The smallest absolute Gasteiger partial charge is 0.315 e. The second-order valence-corrected chi connectivity index (χ2v) is 5.29. The van der Waals surface area contributed by atoms with Crippen LogP contribution in [0.5, 0.6) is 0 Å².